The van der Waals surface area contributed by atoms with E-state index in [2.05, 4.69) is 12.2 Å². The molecule has 4 aliphatic carbocycles. The Bertz CT molecular complexity index is 1210. The van der Waals surface area contributed by atoms with Gasteiger partial charge in [-0.25, -0.2) is 0 Å². The Morgan fingerprint density at radius 2 is 1.36 bits per heavy atom. The third kappa shape index (κ3) is 9.07. The molecule has 0 bridgehead atoms. The van der Waals surface area contributed by atoms with Crippen LogP contribution in [0.3, 0.4) is 0 Å². The normalized spacial score (nSPS) is 34.8. The van der Waals surface area contributed by atoms with Crippen LogP contribution in [0.25, 0.3) is 0 Å². The molecule has 0 aromatic rings. The fourth-order valence-corrected chi connectivity index (χ4v) is 10.3. The predicted octanol–water partition coefficient (Wildman–Crippen LogP) is 5.78. The molecule has 6 fully saturated rings. The second kappa shape index (κ2) is 18.1. The lowest BCUT2D eigenvalue weighted by Crippen LogP contribution is -2.54. The van der Waals surface area contributed by atoms with Crippen molar-refractivity contribution in [3.8, 4) is 0 Å². The Hall–Kier alpha value is -2.14. The summed E-state index contributed by atoms with van der Waals surface area (Å²) in [5, 5.41) is 12.5. The summed E-state index contributed by atoms with van der Waals surface area (Å²) >= 11 is 0. The summed E-state index contributed by atoms with van der Waals surface area (Å²) in [5.74, 6) is -0.226. The zero-order chi connectivity index (χ0) is 35.0. The van der Waals surface area contributed by atoms with Crippen molar-refractivity contribution in [1.82, 2.24) is 10.2 Å². The van der Waals surface area contributed by atoms with Crippen LogP contribution in [0.2, 0.25) is 0 Å². The van der Waals surface area contributed by atoms with Gasteiger partial charge in [0.05, 0.1) is 43.4 Å². The molecule has 2 aliphatic heterocycles. The summed E-state index contributed by atoms with van der Waals surface area (Å²) in [6, 6.07) is -0.883. The molecule has 0 spiro atoms. The predicted molar refractivity (Wildman–Crippen MR) is 188 cm³/mol. The number of ether oxygens (including phenoxy) is 3. The number of hydrogen-bond donors (Lipinski definition) is 2. The second-order valence-corrected chi connectivity index (χ2v) is 16.0. The minimum Gasteiger partial charge on any atom is -0.393 e. The van der Waals surface area contributed by atoms with Crippen LogP contribution in [-0.4, -0.2) is 84.4 Å². The monoisotopic (exact) mass is 698 g/mol. The number of nitrogens with zero attached hydrogens (tertiary/aromatic N) is 1. The van der Waals surface area contributed by atoms with E-state index < -0.39 is 23.8 Å². The first-order chi connectivity index (χ1) is 24.3. The topological polar surface area (TPSA) is 131 Å². The minimum absolute atomic E-state index is 0.0932. The molecule has 10 nitrogen and oxygen atoms in total. The maximum Gasteiger partial charge on any atom is 0.249 e. The first-order valence-electron chi connectivity index (χ1n) is 20.3. The summed E-state index contributed by atoms with van der Waals surface area (Å²) in [4.78, 5) is 51.2. The zero-order valence-electron chi connectivity index (χ0n) is 30.4. The Kier molecular flexibility index (Phi) is 13.6. The summed E-state index contributed by atoms with van der Waals surface area (Å²) < 4.78 is 18.3. The Balaban J connectivity index is 0.863. The van der Waals surface area contributed by atoms with Gasteiger partial charge in [-0.1, -0.05) is 37.3 Å². The molecule has 2 N–H and O–H groups in total. The van der Waals surface area contributed by atoms with E-state index in [4.69, 9.17) is 14.2 Å². The van der Waals surface area contributed by atoms with Gasteiger partial charge in [0.1, 0.15) is 6.04 Å². The highest BCUT2D eigenvalue weighted by atomic mass is 16.5. The molecule has 0 radical (unpaired) electrons. The van der Waals surface area contributed by atoms with Gasteiger partial charge in [-0.05, 0) is 120 Å². The van der Waals surface area contributed by atoms with Gasteiger partial charge in [0.25, 0.3) is 0 Å². The second-order valence-electron chi connectivity index (χ2n) is 16.0. The molecule has 0 aromatic heterocycles. The number of amides is 4. The Morgan fingerprint density at radius 1 is 0.700 bits per heavy atom. The molecule has 0 aromatic carbocycles. The van der Waals surface area contributed by atoms with E-state index in [0.717, 1.165) is 55.8 Å². The summed E-state index contributed by atoms with van der Waals surface area (Å²) in [7, 11) is 0. The third-order valence-electron chi connectivity index (χ3n) is 12.9. The van der Waals surface area contributed by atoms with Crippen molar-refractivity contribution in [3.63, 3.8) is 0 Å². The molecular formula is C40H62N2O8. The van der Waals surface area contributed by atoms with Crippen molar-refractivity contribution < 1.29 is 38.5 Å². The first-order valence-corrected chi connectivity index (χ1v) is 20.3. The lowest BCUT2D eigenvalue weighted by molar-refractivity contribution is -0.151. The van der Waals surface area contributed by atoms with Gasteiger partial charge in [0.2, 0.25) is 23.6 Å². The molecule has 2 heterocycles. The maximum absolute atomic E-state index is 13.2. The average Bonchev–Trinajstić information content (AvgIpc) is 3.37. The SMILES string of the molecule is CC/C(=C(\C1CCC(O)CC1)C1CCC(OCCOCCCOC2CCC3C(=O)N(C4CCC(=O)NC4=O)C(=O)C3C2)CC1)C1CCCCC1. The molecular weight excluding hydrogens is 636 g/mol. The number of fused-ring (bicyclic) bond motifs is 1. The van der Waals surface area contributed by atoms with E-state index in [9.17, 15) is 24.3 Å². The molecule has 280 valence electrons. The molecule has 4 atom stereocenters. The summed E-state index contributed by atoms with van der Waals surface area (Å²) in [5.41, 5.74) is 3.60. The molecule has 4 saturated carbocycles. The van der Waals surface area contributed by atoms with E-state index in [1.807, 2.05) is 0 Å². The lowest BCUT2D eigenvalue weighted by Gasteiger charge is -2.39. The largest absolute Gasteiger partial charge is 0.393 e. The number of aliphatic hydroxyl groups is 1. The van der Waals surface area contributed by atoms with E-state index in [0.29, 0.717) is 63.6 Å². The van der Waals surface area contributed by atoms with Gasteiger partial charge in [-0.3, -0.25) is 29.4 Å². The van der Waals surface area contributed by atoms with Crippen molar-refractivity contribution in [1.29, 1.82) is 0 Å². The molecule has 2 saturated heterocycles. The van der Waals surface area contributed by atoms with Crippen LogP contribution in [0, 0.1) is 29.6 Å². The quantitative estimate of drug-likeness (QED) is 0.133. The van der Waals surface area contributed by atoms with Gasteiger partial charge < -0.3 is 19.3 Å². The highest BCUT2D eigenvalue weighted by Gasteiger charge is 2.54. The number of likely N-dealkylation sites (tertiary alicyclic amines) is 1. The molecule has 6 aliphatic rings. The van der Waals surface area contributed by atoms with Crippen molar-refractivity contribution in [2.75, 3.05) is 26.4 Å². The highest BCUT2D eigenvalue weighted by molar-refractivity contribution is 6.10. The van der Waals surface area contributed by atoms with Crippen LogP contribution in [0.4, 0.5) is 0 Å². The fourth-order valence-electron chi connectivity index (χ4n) is 10.3. The summed E-state index contributed by atoms with van der Waals surface area (Å²) in [6.07, 6.45) is 19.9. The van der Waals surface area contributed by atoms with Gasteiger partial charge in [-0.2, -0.15) is 0 Å². The Morgan fingerprint density at radius 3 is 2.06 bits per heavy atom. The molecule has 50 heavy (non-hydrogen) atoms. The van der Waals surface area contributed by atoms with E-state index in [-0.39, 0.29) is 42.8 Å². The third-order valence-corrected chi connectivity index (χ3v) is 12.9. The number of nitrogens with one attached hydrogen (secondary N) is 1. The number of carbonyl (C=O) groups is 4. The van der Waals surface area contributed by atoms with Crippen molar-refractivity contribution in [3.05, 3.63) is 11.1 Å². The smallest absolute Gasteiger partial charge is 0.249 e. The number of allylic oxidation sites excluding steroid dienone is 2. The standard InChI is InChI=1S/C40H62N2O8/c1-2-32(26-7-4-3-5-8-26)37(27-9-13-29(43)14-10-27)28-11-15-30(16-12-28)50-24-23-48-21-6-22-49-31-17-18-33-34(25-31)40(47)42(39(33)46)35-19-20-36(44)41-38(35)45/h26-31,33-35,43H,2-25H2,1H3,(H,41,44,45)/b37-32-. The number of rotatable bonds is 14. The number of imide groups is 2. The van der Waals surface area contributed by atoms with E-state index in [1.54, 1.807) is 11.1 Å². The highest BCUT2D eigenvalue weighted by Crippen LogP contribution is 2.46. The van der Waals surface area contributed by atoms with Gasteiger partial charge in [0.15, 0.2) is 0 Å². The number of carbonyl (C=O) groups excluding carboxylic acids is 4. The lowest BCUT2D eigenvalue weighted by atomic mass is 9.68. The van der Waals surface area contributed by atoms with Crippen LogP contribution < -0.4 is 5.32 Å². The fraction of sp³-hybridized carbons (Fsp3) is 0.850. The first kappa shape index (κ1) is 37.6. The van der Waals surface area contributed by atoms with Crippen LogP contribution in [0.5, 0.6) is 0 Å². The van der Waals surface area contributed by atoms with Gasteiger partial charge in [-0.15, -0.1) is 0 Å². The minimum atomic E-state index is -0.883. The number of piperidine rings is 1. The van der Waals surface area contributed by atoms with Crippen molar-refractivity contribution in [2.45, 2.75) is 160 Å². The maximum atomic E-state index is 13.2. The zero-order valence-corrected chi connectivity index (χ0v) is 30.4. The molecule has 4 unspecified atom stereocenters. The van der Waals surface area contributed by atoms with Crippen molar-refractivity contribution >= 4 is 23.6 Å². The van der Waals surface area contributed by atoms with Crippen LogP contribution in [0.15, 0.2) is 11.1 Å². The van der Waals surface area contributed by atoms with Crippen LogP contribution in [0.1, 0.15) is 135 Å². The summed E-state index contributed by atoms with van der Waals surface area (Å²) in [6.45, 7) is 4.67. The van der Waals surface area contributed by atoms with E-state index in [1.165, 1.54) is 51.4 Å². The average molecular weight is 699 g/mol. The molecule has 4 amide bonds. The number of aliphatic hydroxyl groups excluding tert-OH is 1. The van der Waals surface area contributed by atoms with Gasteiger partial charge >= 0.3 is 0 Å². The van der Waals surface area contributed by atoms with Crippen LogP contribution in [-0.2, 0) is 33.4 Å². The Labute approximate surface area is 298 Å². The van der Waals surface area contributed by atoms with Crippen molar-refractivity contribution in [2.24, 2.45) is 29.6 Å². The van der Waals surface area contributed by atoms with Gasteiger partial charge in [0, 0.05) is 19.6 Å². The number of hydrogen-bond acceptors (Lipinski definition) is 8. The van der Waals surface area contributed by atoms with Crippen LogP contribution >= 0.6 is 0 Å². The van der Waals surface area contributed by atoms with E-state index >= 15 is 0 Å². The molecule has 10 heteroatoms. The molecule has 6 rings (SSSR count).